The number of ether oxygens (including phenoxy) is 3. The maximum atomic E-state index is 13.5. The maximum Gasteiger partial charge on any atom is 0.333 e. The molecule has 222 valence electrons. The highest BCUT2D eigenvalue weighted by molar-refractivity contribution is 8.77. The van der Waals surface area contributed by atoms with Gasteiger partial charge >= 0.3 is 5.97 Å². The lowest BCUT2D eigenvalue weighted by molar-refractivity contribution is -0.163. The van der Waals surface area contributed by atoms with Gasteiger partial charge in [0.1, 0.15) is 29.5 Å². The number of hydrogen-bond donors (Lipinski definition) is 1. The molecule has 1 fully saturated rings. The lowest BCUT2D eigenvalue weighted by Gasteiger charge is -2.49. The molecule has 3 aromatic carbocycles. The van der Waals surface area contributed by atoms with E-state index in [9.17, 15) is 14.4 Å². The second-order valence-corrected chi connectivity index (χ2v) is 13.2. The van der Waals surface area contributed by atoms with Crippen molar-refractivity contribution >= 4 is 60.9 Å². The molecule has 5 rings (SSSR count). The molecule has 0 bridgehead atoms. The summed E-state index contributed by atoms with van der Waals surface area (Å²) >= 11 is 1.50. The van der Waals surface area contributed by atoms with Crippen LogP contribution >= 0.6 is 32.9 Å². The number of carbonyl (C=O) groups excluding carboxylic acids is 3. The predicted octanol–water partition coefficient (Wildman–Crippen LogP) is 5.47. The Morgan fingerprint density at radius 2 is 1.79 bits per heavy atom. The molecule has 3 unspecified atom stereocenters. The third kappa shape index (κ3) is 7.32. The Kier molecular flexibility index (Phi) is 9.90. The lowest BCUT2D eigenvalue weighted by atomic mass is 9.99. The van der Waals surface area contributed by atoms with Crippen molar-refractivity contribution in [1.82, 2.24) is 15.2 Å². The number of fused-ring (bicyclic) bond motifs is 1. The summed E-state index contributed by atoms with van der Waals surface area (Å²) in [6, 6.07) is 22.0. The summed E-state index contributed by atoms with van der Waals surface area (Å²) in [6.07, 6.45) is 0. The van der Waals surface area contributed by atoms with Crippen LogP contribution in [0.5, 0.6) is 11.5 Å². The summed E-state index contributed by atoms with van der Waals surface area (Å²) in [7, 11) is 4.30. The number of hydrogen-bond acceptors (Lipinski definition) is 10. The van der Waals surface area contributed by atoms with Crippen LogP contribution in [-0.2, 0) is 25.7 Å². The second-order valence-electron chi connectivity index (χ2n) is 9.62. The molecule has 1 saturated heterocycles. The quantitative estimate of drug-likeness (QED) is 0.0887. The van der Waals surface area contributed by atoms with Crippen LogP contribution in [0.15, 0.2) is 95.4 Å². The van der Waals surface area contributed by atoms with Crippen LogP contribution in [0.1, 0.15) is 12.5 Å². The SMILES string of the molecule is C=C(C)C(C(=O)OCc1ccccc1)N1C(=O)C(NC(=O)COc2ccccc2)C1SSc1nc2cc(OC)ccc2s1. The number of thiazole rings is 1. The second kappa shape index (κ2) is 14.0. The summed E-state index contributed by atoms with van der Waals surface area (Å²) in [5, 5.41) is 2.17. The van der Waals surface area contributed by atoms with Crippen molar-refractivity contribution in [2.45, 2.75) is 35.3 Å². The first-order valence-electron chi connectivity index (χ1n) is 13.3. The maximum absolute atomic E-state index is 13.5. The van der Waals surface area contributed by atoms with Crippen LogP contribution in [0.2, 0.25) is 0 Å². The molecule has 9 nitrogen and oxygen atoms in total. The van der Waals surface area contributed by atoms with E-state index in [2.05, 4.69) is 16.9 Å². The third-order valence-electron chi connectivity index (χ3n) is 6.49. The van der Waals surface area contributed by atoms with E-state index in [0.29, 0.717) is 17.1 Å². The van der Waals surface area contributed by atoms with Gasteiger partial charge in [-0.25, -0.2) is 9.78 Å². The van der Waals surface area contributed by atoms with Crippen molar-refractivity contribution in [3.05, 3.63) is 96.6 Å². The molecule has 1 aliphatic rings. The zero-order valence-corrected chi connectivity index (χ0v) is 25.9. The number of nitrogens with zero attached hydrogens (tertiary/aromatic N) is 2. The first-order chi connectivity index (χ1) is 20.8. The van der Waals surface area contributed by atoms with E-state index >= 15 is 0 Å². The van der Waals surface area contributed by atoms with E-state index in [1.165, 1.54) is 37.8 Å². The molecule has 0 saturated carbocycles. The van der Waals surface area contributed by atoms with Crippen LogP contribution in [0.25, 0.3) is 10.2 Å². The lowest BCUT2D eigenvalue weighted by Crippen LogP contribution is -2.73. The van der Waals surface area contributed by atoms with Gasteiger partial charge in [-0.2, -0.15) is 0 Å². The number of likely N-dealkylation sites (tertiary alicyclic amines) is 1. The average Bonchev–Trinajstić information content (AvgIpc) is 3.44. The van der Waals surface area contributed by atoms with Crippen molar-refractivity contribution in [2.75, 3.05) is 13.7 Å². The Hall–Kier alpha value is -4.00. The van der Waals surface area contributed by atoms with Crippen LogP contribution in [0.4, 0.5) is 0 Å². The number of para-hydroxylation sites is 1. The number of carbonyl (C=O) groups is 3. The summed E-state index contributed by atoms with van der Waals surface area (Å²) in [6.45, 7) is 5.45. The fourth-order valence-corrected chi connectivity index (χ4v) is 8.31. The fraction of sp³-hybridized carbons (Fsp3) is 0.226. The van der Waals surface area contributed by atoms with E-state index in [-0.39, 0.29) is 13.2 Å². The molecule has 1 aromatic heterocycles. The molecular weight excluding hydrogens is 607 g/mol. The van der Waals surface area contributed by atoms with Gasteiger partial charge in [-0.3, -0.25) is 9.59 Å². The molecule has 0 radical (unpaired) electrons. The van der Waals surface area contributed by atoms with E-state index < -0.39 is 35.2 Å². The highest BCUT2D eigenvalue weighted by atomic mass is 33.1. The molecule has 12 heteroatoms. The van der Waals surface area contributed by atoms with Crippen molar-refractivity contribution in [1.29, 1.82) is 0 Å². The van der Waals surface area contributed by atoms with Gasteiger partial charge in [0, 0.05) is 6.07 Å². The third-order valence-corrected chi connectivity index (χ3v) is 10.5. The molecule has 1 N–H and O–H groups in total. The highest BCUT2D eigenvalue weighted by Gasteiger charge is 2.54. The van der Waals surface area contributed by atoms with E-state index in [4.69, 9.17) is 14.2 Å². The van der Waals surface area contributed by atoms with Gasteiger partial charge in [0.25, 0.3) is 5.91 Å². The summed E-state index contributed by atoms with van der Waals surface area (Å²) in [5.74, 6) is -0.217. The van der Waals surface area contributed by atoms with Gasteiger partial charge in [-0.05, 0) is 53.1 Å². The van der Waals surface area contributed by atoms with Gasteiger partial charge in [0.15, 0.2) is 17.0 Å². The summed E-state index contributed by atoms with van der Waals surface area (Å²) in [4.78, 5) is 45.7. The average molecular weight is 636 g/mol. The first-order valence-corrected chi connectivity index (χ1v) is 16.3. The molecule has 0 aliphatic carbocycles. The van der Waals surface area contributed by atoms with Crippen LogP contribution in [0, 0.1) is 0 Å². The minimum atomic E-state index is -1.03. The molecular formula is C31H29N3O6S3. The monoisotopic (exact) mass is 635 g/mol. The molecule has 4 aromatic rings. The highest BCUT2D eigenvalue weighted by Crippen LogP contribution is 2.45. The van der Waals surface area contributed by atoms with Crippen LogP contribution < -0.4 is 14.8 Å². The smallest absolute Gasteiger partial charge is 0.333 e. The molecule has 2 amide bonds. The number of amides is 2. The minimum absolute atomic E-state index is 0.0597. The number of methoxy groups -OCH3 is 1. The van der Waals surface area contributed by atoms with E-state index in [0.717, 1.165) is 20.1 Å². The molecule has 2 heterocycles. The van der Waals surface area contributed by atoms with E-state index in [1.54, 1.807) is 38.3 Å². The van der Waals surface area contributed by atoms with Crippen LogP contribution in [-0.4, -0.2) is 58.8 Å². The molecule has 3 atom stereocenters. The van der Waals surface area contributed by atoms with Gasteiger partial charge in [-0.15, -0.1) is 11.3 Å². The topological polar surface area (TPSA) is 107 Å². The summed E-state index contributed by atoms with van der Waals surface area (Å²) < 4.78 is 18.2. The van der Waals surface area contributed by atoms with Crippen molar-refractivity contribution < 1.29 is 28.6 Å². The van der Waals surface area contributed by atoms with Gasteiger partial charge in [-0.1, -0.05) is 65.9 Å². The fourth-order valence-electron chi connectivity index (χ4n) is 4.38. The minimum Gasteiger partial charge on any atom is -0.497 e. The number of rotatable bonds is 13. The van der Waals surface area contributed by atoms with Crippen LogP contribution in [0.3, 0.4) is 0 Å². The zero-order valence-electron chi connectivity index (χ0n) is 23.4. The zero-order chi connectivity index (χ0) is 30.3. The number of aromatic nitrogens is 1. The normalized spacial score (nSPS) is 16.7. The summed E-state index contributed by atoms with van der Waals surface area (Å²) in [5.41, 5.74) is 2.07. The molecule has 0 spiro atoms. The Balaban J connectivity index is 1.32. The predicted molar refractivity (Wildman–Crippen MR) is 169 cm³/mol. The Labute approximate surface area is 261 Å². The number of β-lactam (4-membered cyclic amide) rings is 1. The Morgan fingerprint density at radius 3 is 2.49 bits per heavy atom. The van der Waals surface area contributed by atoms with Gasteiger partial charge in [0.2, 0.25) is 5.91 Å². The molecule has 1 aliphatic heterocycles. The number of esters is 1. The van der Waals surface area contributed by atoms with Crippen molar-refractivity contribution in [2.24, 2.45) is 0 Å². The van der Waals surface area contributed by atoms with Gasteiger partial charge < -0.3 is 24.4 Å². The Morgan fingerprint density at radius 1 is 1.07 bits per heavy atom. The first kappa shape index (κ1) is 30.5. The van der Waals surface area contributed by atoms with Crippen molar-refractivity contribution in [3.63, 3.8) is 0 Å². The number of nitrogens with one attached hydrogen (secondary N) is 1. The standard InChI is InChI=1S/C31H29N3O6S3/c1-19(2)27(30(37)40-17-20-10-6-4-7-11-20)34-28(36)26(33-25(35)18-39-21-12-8-5-9-13-21)29(34)42-43-31-32-23-16-22(38-3)14-15-24(23)41-31/h4-16,26-27,29H,1,17-18H2,2-3H3,(H,33,35). The molecule has 43 heavy (non-hydrogen) atoms. The largest absolute Gasteiger partial charge is 0.497 e. The number of benzene rings is 3. The van der Waals surface area contributed by atoms with Crippen molar-refractivity contribution in [3.8, 4) is 11.5 Å². The van der Waals surface area contributed by atoms with E-state index in [1.807, 2.05) is 54.6 Å². The Bertz CT molecular complexity index is 1620. The van der Waals surface area contributed by atoms with Gasteiger partial charge in [0.05, 0.1) is 17.3 Å².